The highest BCUT2D eigenvalue weighted by atomic mass is 16.2. The van der Waals surface area contributed by atoms with E-state index < -0.39 is 0 Å². The summed E-state index contributed by atoms with van der Waals surface area (Å²) in [6, 6.07) is 8.51. The summed E-state index contributed by atoms with van der Waals surface area (Å²) in [6.45, 7) is 8.71. The first kappa shape index (κ1) is 16.0. The summed E-state index contributed by atoms with van der Waals surface area (Å²) >= 11 is 0. The highest BCUT2D eigenvalue weighted by Gasteiger charge is 2.32. The number of amides is 1. The topological polar surface area (TPSA) is 45.7 Å². The van der Waals surface area contributed by atoms with Crippen molar-refractivity contribution in [2.75, 3.05) is 5.32 Å². The van der Waals surface area contributed by atoms with Gasteiger partial charge in [0.05, 0.1) is 6.04 Å². The van der Waals surface area contributed by atoms with Crippen molar-refractivity contribution in [2.24, 2.45) is 11.8 Å². The van der Waals surface area contributed by atoms with E-state index in [4.69, 9.17) is 0 Å². The summed E-state index contributed by atoms with van der Waals surface area (Å²) in [5.41, 5.74) is 2.06. The van der Waals surface area contributed by atoms with E-state index >= 15 is 0 Å². The largest absolute Gasteiger partial charge is 0.334 e. The lowest BCUT2D eigenvalue weighted by Crippen LogP contribution is -2.97. The second-order valence-electron chi connectivity index (χ2n) is 6.77. The molecular weight excluding hydrogens is 260 g/mol. The molecule has 0 spiro atoms. The minimum absolute atomic E-state index is 0.0386. The van der Waals surface area contributed by atoms with Gasteiger partial charge in [0.2, 0.25) is 0 Å². The summed E-state index contributed by atoms with van der Waals surface area (Å²) < 4.78 is 0. The molecule has 0 aromatic heterocycles. The molecule has 1 aliphatic carbocycles. The summed E-state index contributed by atoms with van der Waals surface area (Å²) in [4.78, 5) is 12.3. The lowest BCUT2D eigenvalue weighted by molar-refractivity contribution is -0.715. The van der Waals surface area contributed by atoms with Gasteiger partial charge in [0.25, 0.3) is 5.91 Å². The van der Waals surface area contributed by atoms with Gasteiger partial charge in [-0.1, -0.05) is 26.0 Å². The molecule has 3 heteroatoms. The van der Waals surface area contributed by atoms with E-state index in [0.29, 0.717) is 12.0 Å². The molecule has 1 aromatic rings. The molecule has 0 saturated heterocycles. The van der Waals surface area contributed by atoms with Crippen molar-refractivity contribution in [3.63, 3.8) is 0 Å². The van der Waals surface area contributed by atoms with E-state index in [1.807, 2.05) is 38.1 Å². The van der Waals surface area contributed by atoms with Crippen LogP contribution in [0.25, 0.3) is 0 Å². The van der Waals surface area contributed by atoms with E-state index in [0.717, 1.165) is 11.6 Å². The van der Waals surface area contributed by atoms with Crippen LogP contribution in [0.1, 0.15) is 45.6 Å². The van der Waals surface area contributed by atoms with E-state index in [2.05, 4.69) is 24.5 Å². The van der Waals surface area contributed by atoms with Crippen LogP contribution in [0.3, 0.4) is 0 Å². The quantitative estimate of drug-likeness (QED) is 0.879. The average Bonchev–Trinajstić information content (AvgIpc) is 2.44. The first-order chi connectivity index (χ1) is 9.97. The van der Waals surface area contributed by atoms with E-state index in [-0.39, 0.29) is 11.9 Å². The molecule has 0 aliphatic heterocycles. The molecule has 1 amide bonds. The molecule has 2 rings (SSSR count). The van der Waals surface area contributed by atoms with E-state index in [1.54, 1.807) is 0 Å². The van der Waals surface area contributed by atoms with Crippen molar-refractivity contribution in [3.8, 4) is 0 Å². The van der Waals surface area contributed by atoms with Gasteiger partial charge in [-0.25, -0.2) is 0 Å². The van der Waals surface area contributed by atoms with Crippen molar-refractivity contribution >= 4 is 11.6 Å². The van der Waals surface area contributed by atoms with Gasteiger partial charge in [-0.2, -0.15) is 0 Å². The molecule has 1 saturated carbocycles. The highest BCUT2D eigenvalue weighted by molar-refractivity contribution is 5.93. The lowest BCUT2D eigenvalue weighted by Gasteiger charge is -2.33. The van der Waals surface area contributed by atoms with Crippen LogP contribution < -0.4 is 10.6 Å². The molecule has 1 aromatic carbocycles. The zero-order valence-electron chi connectivity index (χ0n) is 13.7. The van der Waals surface area contributed by atoms with Crippen LogP contribution in [-0.4, -0.2) is 18.0 Å². The Morgan fingerprint density at radius 1 is 1.33 bits per heavy atom. The number of nitrogens with one attached hydrogen (secondary N) is 1. The third kappa shape index (κ3) is 4.31. The molecule has 0 radical (unpaired) electrons. The van der Waals surface area contributed by atoms with Crippen molar-refractivity contribution in [3.05, 3.63) is 29.8 Å². The molecule has 3 N–H and O–H groups in total. The normalized spacial score (nSPS) is 27.1. The van der Waals surface area contributed by atoms with Crippen LogP contribution in [0.2, 0.25) is 0 Å². The average molecular weight is 289 g/mol. The minimum atomic E-state index is -0.0386. The number of carbonyl (C=O) groups excluding carboxylic acids is 1. The first-order valence-corrected chi connectivity index (χ1v) is 8.20. The molecule has 3 nitrogen and oxygen atoms in total. The van der Waals surface area contributed by atoms with Gasteiger partial charge in [-0.3, -0.25) is 4.79 Å². The number of anilines is 1. The first-order valence-electron chi connectivity index (χ1n) is 8.20. The maximum atomic E-state index is 12.3. The van der Waals surface area contributed by atoms with Crippen molar-refractivity contribution in [1.29, 1.82) is 0 Å². The Kier molecular flexibility index (Phi) is 5.40. The van der Waals surface area contributed by atoms with Crippen LogP contribution in [-0.2, 0) is 4.79 Å². The van der Waals surface area contributed by atoms with Crippen molar-refractivity contribution in [2.45, 2.75) is 59.0 Å². The second-order valence-corrected chi connectivity index (χ2v) is 6.77. The number of hydrogen-bond acceptors (Lipinski definition) is 1. The molecule has 0 heterocycles. The summed E-state index contributed by atoms with van der Waals surface area (Å²) in [5.74, 6) is 1.56. The highest BCUT2D eigenvalue weighted by Crippen LogP contribution is 2.27. The molecular formula is C18H29N2O+. The Labute approximate surface area is 128 Å². The van der Waals surface area contributed by atoms with Crippen LogP contribution >= 0.6 is 0 Å². The van der Waals surface area contributed by atoms with Gasteiger partial charge in [0.1, 0.15) is 0 Å². The van der Waals surface area contributed by atoms with Gasteiger partial charge in [-0.15, -0.1) is 0 Å². The SMILES string of the molecule is Cc1cccc(NC(=O)[C@@H](C)[NH2+][C@H]2CCC[C@H](C)[C@@H]2C)c1. The molecule has 4 atom stereocenters. The van der Waals surface area contributed by atoms with Crippen LogP contribution in [0, 0.1) is 18.8 Å². The van der Waals surface area contributed by atoms with Gasteiger partial charge < -0.3 is 10.6 Å². The predicted molar refractivity (Wildman–Crippen MR) is 87.2 cm³/mol. The maximum Gasteiger partial charge on any atom is 0.282 e. The Morgan fingerprint density at radius 3 is 2.81 bits per heavy atom. The van der Waals surface area contributed by atoms with Crippen molar-refractivity contribution in [1.82, 2.24) is 0 Å². The van der Waals surface area contributed by atoms with E-state index in [9.17, 15) is 4.79 Å². The Balaban J connectivity index is 1.90. The summed E-state index contributed by atoms with van der Waals surface area (Å²) in [7, 11) is 0. The zero-order valence-corrected chi connectivity index (χ0v) is 13.7. The van der Waals surface area contributed by atoms with E-state index in [1.165, 1.54) is 24.8 Å². The Bertz CT molecular complexity index is 486. The summed E-state index contributed by atoms with van der Waals surface area (Å²) in [5, 5.41) is 5.30. The standard InChI is InChI=1S/C18H28N2O/c1-12-7-5-9-16(11-12)20-18(21)15(4)19-17-10-6-8-13(2)14(17)3/h5,7,9,11,13-15,17,19H,6,8,10H2,1-4H3,(H,20,21)/p+1/t13-,14-,15+,17-/m0/s1. The Morgan fingerprint density at radius 2 is 2.10 bits per heavy atom. The van der Waals surface area contributed by atoms with Gasteiger partial charge >= 0.3 is 0 Å². The maximum absolute atomic E-state index is 12.3. The molecule has 116 valence electrons. The lowest BCUT2D eigenvalue weighted by atomic mass is 9.78. The van der Waals surface area contributed by atoms with Crippen LogP contribution in [0.5, 0.6) is 0 Å². The number of nitrogens with two attached hydrogens (primary N) is 1. The Hall–Kier alpha value is -1.35. The van der Waals surface area contributed by atoms with Crippen molar-refractivity contribution < 1.29 is 10.1 Å². The predicted octanol–water partition coefficient (Wildman–Crippen LogP) is 2.71. The molecule has 1 fully saturated rings. The van der Waals surface area contributed by atoms with Crippen LogP contribution in [0.15, 0.2) is 24.3 Å². The molecule has 1 aliphatic rings. The number of quaternary nitrogens is 1. The fourth-order valence-electron chi connectivity index (χ4n) is 3.33. The zero-order chi connectivity index (χ0) is 15.4. The minimum Gasteiger partial charge on any atom is -0.334 e. The fourth-order valence-corrected chi connectivity index (χ4v) is 3.33. The fraction of sp³-hybridized carbons (Fsp3) is 0.611. The van der Waals surface area contributed by atoms with Gasteiger partial charge in [0, 0.05) is 11.6 Å². The molecule has 0 bridgehead atoms. The number of carbonyl (C=O) groups is 1. The second kappa shape index (κ2) is 7.08. The number of hydrogen-bond donors (Lipinski definition) is 2. The smallest absolute Gasteiger partial charge is 0.282 e. The molecule has 21 heavy (non-hydrogen) atoms. The summed E-state index contributed by atoms with van der Waals surface area (Å²) in [6.07, 6.45) is 3.85. The number of benzene rings is 1. The van der Waals surface area contributed by atoms with Gasteiger partial charge in [-0.05, 0) is 56.7 Å². The van der Waals surface area contributed by atoms with Crippen LogP contribution in [0.4, 0.5) is 5.69 Å². The third-order valence-electron chi connectivity index (χ3n) is 5.00. The molecule has 0 unspecified atom stereocenters. The monoisotopic (exact) mass is 289 g/mol. The van der Waals surface area contributed by atoms with Gasteiger partial charge in [0.15, 0.2) is 6.04 Å². The third-order valence-corrected chi connectivity index (χ3v) is 5.00. The number of aryl methyl sites for hydroxylation is 1. The number of rotatable bonds is 4.